The monoisotopic (exact) mass is 216 g/mol. The standard InChI is InChI=1S/C8H13N2OPS/c1-7-4-5-8(6-10-7)11-12(3,13)9-2/h4-6H,1-3H3,(H,9,13). The number of aromatic nitrogens is 1. The van der Waals surface area contributed by atoms with Gasteiger partial charge in [0.1, 0.15) is 5.75 Å². The first kappa shape index (κ1) is 10.6. The zero-order valence-electron chi connectivity index (χ0n) is 7.94. The number of aryl methyl sites for hydroxylation is 1. The maximum absolute atomic E-state index is 5.56. The number of rotatable bonds is 3. The first-order valence-electron chi connectivity index (χ1n) is 3.92. The van der Waals surface area contributed by atoms with Crippen molar-refractivity contribution in [2.75, 3.05) is 13.7 Å². The van der Waals surface area contributed by atoms with Crippen LogP contribution in [-0.4, -0.2) is 18.7 Å². The van der Waals surface area contributed by atoms with Crippen LogP contribution in [0.3, 0.4) is 0 Å². The van der Waals surface area contributed by atoms with Crippen LogP contribution in [-0.2, 0) is 11.8 Å². The number of pyridine rings is 1. The van der Waals surface area contributed by atoms with Gasteiger partial charge in [-0.25, -0.2) is 0 Å². The maximum Gasteiger partial charge on any atom is 0.175 e. The predicted octanol–water partition coefficient (Wildman–Crippen LogP) is 1.93. The maximum atomic E-state index is 5.56. The summed E-state index contributed by atoms with van der Waals surface area (Å²) in [4.78, 5) is 4.12. The van der Waals surface area contributed by atoms with E-state index in [4.69, 9.17) is 16.3 Å². The third-order valence-electron chi connectivity index (χ3n) is 1.57. The Hall–Kier alpha value is -0.440. The van der Waals surface area contributed by atoms with Crippen LogP contribution >= 0.6 is 6.42 Å². The van der Waals surface area contributed by atoms with Crippen LogP contribution < -0.4 is 9.61 Å². The molecule has 1 aromatic heterocycles. The Bertz CT molecular complexity index is 325. The van der Waals surface area contributed by atoms with E-state index in [2.05, 4.69) is 10.1 Å². The fourth-order valence-corrected chi connectivity index (χ4v) is 1.61. The predicted molar refractivity (Wildman–Crippen MR) is 58.9 cm³/mol. The molecule has 0 spiro atoms. The number of nitrogens with zero attached hydrogens (tertiary/aromatic N) is 1. The molecule has 1 heterocycles. The lowest BCUT2D eigenvalue weighted by Crippen LogP contribution is -2.06. The molecular formula is C8H13N2OPS. The van der Waals surface area contributed by atoms with Crippen molar-refractivity contribution in [1.82, 2.24) is 10.1 Å². The van der Waals surface area contributed by atoms with E-state index in [0.29, 0.717) is 0 Å². The summed E-state index contributed by atoms with van der Waals surface area (Å²) in [6, 6.07) is 3.78. The molecule has 0 aromatic carbocycles. The second-order valence-corrected chi connectivity index (χ2v) is 7.21. The lowest BCUT2D eigenvalue weighted by Gasteiger charge is -2.16. The molecule has 0 bridgehead atoms. The van der Waals surface area contributed by atoms with Gasteiger partial charge in [0.25, 0.3) is 0 Å². The summed E-state index contributed by atoms with van der Waals surface area (Å²) in [5.41, 5.74) is 0.973. The Morgan fingerprint density at radius 1 is 1.54 bits per heavy atom. The lowest BCUT2D eigenvalue weighted by molar-refractivity contribution is 0.603. The summed E-state index contributed by atoms with van der Waals surface area (Å²) in [6.45, 7) is 3.83. The summed E-state index contributed by atoms with van der Waals surface area (Å²) in [6.07, 6.45) is -0.175. The normalized spacial score (nSPS) is 15.0. The fourth-order valence-electron chi connectivity index (χ4n) is 0.755. The summed E-state index contributed by atoms with van der Waals surface area (Å²) in [7, 11) is 1.81. The van der Waals surface area contributed by atoms with Crippen molar-refractivity contribution in [3.63, 3.8) is 0 Å². The highest BCUT2D eigenvalue weighted by molar-refractivity contribution is 8.11. The minimum absolute atomic E-state index is 0.728. The molecule has 1 unspecified atom stereocenters. The first-order valence-corrected chi connectivity index (χ1v) is 7.09. The van der Waals surface area contributed by atoms with Crippen LogP contribution in [0.4, 0.5) is 0 Å². The molecular weight excluding hydrogens is 203 g/mol. The molecule has 0 aliphatic rings. The molecule has 0 aliphatic heterocycles. The lowest BCUT2D eigenvalue weighted by atomic mass is 10.4. The Labute approximate surface area is 83.7 Å². The summed E-state index contributed by atoms with van der Waals surface area (Å²) < 4.78 is 5.56. The number of nitrogens with one attached hydrogen (secondary N) is 1. The van der Waals surface area contributed by atoms with E-state index < -0.39 is 6.42 Å². The van der Waals surface area contributed by atoms with Crippen molar-refractivity contribution >= 4 is 18.2 Å². The molecule has 3 nitrogen and oxygen atoms in total. The molecule has 0 fully saturated rings. The van der Waals surface area contributed by atoms with Gasteiger partial charge < -0.3 is 4.52 Å². The first-order chi connectivity index (χ1) is 6.03. The number of hydrogen-bond donors (Lipinski definition) is 1. The quantitative estimate of drug-likeness (QED) is 0.783. The highest BCUT2D eigenvalue weighted by atomic mass is 32.4. The summed E-state index contributed by atoms with van der Waals surface area (Å²) >= 11 is 5.21. The molecule has 1 rings (SSSR count). The third-order valence-corrected chi connectivity index (χ3v) is 3.71. The fraction of sp³-hybridized carbons (Fsp3) is 0.375. The molecule has 0 radical (unpaired) electrons. The van der Waals surface area contributed by atoms with E-state index in [1.807, 2.05) is 32.8 Å². The molecule has 0 aliphatic carbocycles. The molecule has 13 heavy (non-hydrogen) atoms. The van der Waals surface area contributed by atoms with Crippen LogP contribution in [0.5, 0.6) is 5.75 Å². The smallest absolute Gasteiger partial charge is 0.175 e. The average molecular weight is 216 g/mol. The van der Waals surface area contributed by atoms with Crippen molar-refractivity contribution in [2.45, 2.75) is 6.92 Å². The van der Waals surface area contributed by atoms with Crippen LogP contribution in [0.15, 0.2) is 18.3 Å². The Morgan fingerprint density at radius 2 is 2.23 bits per heavy atom. The highest BCUT2D eigenvalue weighted by Gasteiger charge is 2.08. The van der Waals surface area contributed by atoms with Gasteiger partial charge in [0.2, 0.25) is 0 Å². The zero-order chi connectivity index (χ0) is 9.90. The average Bonchev–Trinajstić information content (AvgIpc) is 2.09. The second-order valence-electron chi connectivity index (χ2n) is 2.80. The third kappa shape index (κ3) is 3.43. The van der Waals surface area contributed by atoms with Crippen LogP contribution in [0, 0.1) is 6.92 Å². The highest BCUT2D eigenvalue weighted by Crippen LogP contribution is 2.37. The van der Waals surface area contributed by atoms with Gasteiger partial charge in [-0.3, -0.25) is 10.1 Å². The van der Waals surface area contributed by atoms with Crippen LogP contribution in [0.1, 0.15) is 5.69 Å². The van der Waals surface area contributed by atoms with E-state index in [1.54, 1.807) is 6.20 Å². The van der Waals surface area contributed by atoms with Gasteiger partial charge in [0.15, 0.2) is 6.42 Å². The van der Waals surface area contributed by atoms with E-state index in [1.165, 1.54) is 0 Å². The number of hydrogen-bond acceptors (Lipinski definition) is 3. The van der Waals surface area contributed by atoms with E-state index in [9.17, 15) is 0 Å². The largest absolute Gasteiger partial charge is 0.452 e. The molecule has 72 valence electrons. The van der Waals surface area contributed by atoms with Crippen molar-refractivity contribution in [3.8, 4) is 5.75 Å². The van der Waals surface area contributed by atoms with Crippen LogP contribution in [0.2, 0.25) is 0 Å². The van der Waals surface area contributed by atoms with Crippen molar-refractivity contribution < 1.29 is 4.52 Å². The van der Waals surface area contributed by atoms with Gasteiger partial charge in [-0.1, -0.05) is 0 Å². The SMILES string of the molecule is CNP(C)(=S)Oc1ccc(C)nc1. The Morgan fingerprint density at radius 3 is 2.69 bits per heavy atom. The van der Waals surface area contributed by atoms with Gasteiger partial charge >= 0.3 is 0 Å². The Kier molecular flexibility index (Phi) is 3.42. The van der Waals surface area contributed by atoms with Gasteiger partial charge in [0, 0.05) is 12.4 Å². The van der Waals surface area contributed by atoms with E-state index in [-0.39, 0.29) is 0 Å². The zero-order valence-corrected chi connectivity index (χ0v) is 9.65. The molecule has 5 heteroatoms. The second kappa shape index (κ2) is 4.18. The summed E-state index contributed by atoms with van der Waals surface area (Å²) in [5.74, 6) is 0.728. The van der Waals surface area contributed by atoms with Crippen molar-refractivity contribution in [2.24, 2.45) is 0 Å². The molecule has 0 amide bonds. The molecule has 1 aromatic rings. The minimum Gasteiger partial charge on any atom is -0.452 e. The molecule has 1 atom stereocenters. The van der Waals surface area contributed by atoms with E-state index >= 15 is 0 Å². The molecule has 1 N–H and O–H groups in total. The van der Waals surface area contributed by atoms with Crippen LogP contribution in [0.25, 0.3) is 0 Å². The summed E-state index contributed by atoms with van der Waals surface area (Å²) in [5, 5.41) is 2.98. The van der Waals surface area contributed by atoms with Gasteiger partial charge in [-0.05, 0) is 37.9 Å². The molecule has 0 saturated carbocycles. The Balaban J connectivity index is 2.75. The van der Waals surface area contributed by atoms with Crippen molar-refractivity contribution in [1.29, 1.82) is 0 Å². The van der Waals surface area contributed by atoms with Crippen molar-refractivity contribution in [3.05, 3.63) is 24.0 Å². The minimum atomic E-state index is -1.87. The van der Waals surface area contributed by atoms with Gasteiger partial charge in [0.05, 0.1) is 6.20 Å². The van der Waals surface area contributed by atoms with E-state index in [0.717, 1.165) is 11.4 Å². The topological polar surface area (TPSA) is 34.1 Å². The van der Waals surface area contributed by atoms with Gasteiger partial charge in [-0.2, -0.15) is 0 Å². The van der Waals surface area contributed by atoms with Gasteiger partial charge in [-0.15, -0.1) is 0 Å². The molecule has 0 saturated heterocycles.